The number of nitrogens with two attached hydrogens (primary N) is 1. The smallest absolute Gasteiger partial charge is 0.361 e. The highest BCUT2D eigenvalue weighted by molar-refractivity contribution is 6.50. The van der Waals surface area contributed by atoms with Crippen LogP contribution in [0.15, 0.2) is 54.9 Å². The molecular formula is C23H17F3N4O2. The minimum atomic E-state index is -4.65. The lowest BCUT2D eigenvalue weighted by molar-refractivity contribution is -0.136. The van der Waals surface area contributed by atoms with Gasteiger partial charge in [0, 0.05) is 58.4 Å². The number of halogens is 3. The Morgan fingerprint density at radius 1 is 0.938 bits per heavy atom. The molecule has 32 heavy (non-hydrogen) atoms. The van der Waals surface area contributed by atoms with Crippen molar-refractivity contribution in [2.75, 3.05) is 6.54 Å². The number of hydrogen-bond acceptors (Lipinski definition) is 3. The minimum Gasteiger partial charge on any atom is -0.361 e. The number of para-hydroxylation sites is 1. The fraction of sp³-hybridized carbons (Fsp3) is 0.130. The molecule has 0 aliphatic carbocycles. The van der Waals surface area contributed by atoms with Gasteiger partial charge in [0.05, 0.1) is 16.7 Å². The van der Waals surface area contributed by atoms with Crippen LogP contribution in [-0.2, 0) is 22.3 Å². The van der Waals surface area contributed by atoms with Crippen molar-refractivity contribution in [3.8, 4) is 0 Å². The van der Waals surface area contributed by atoms with Crippen LogP contribution in [0.5, 0.6) is 0 Å². The van der Waals surface area contributed by atoms with Gasteiger partial charge in [-0.3, -0.25) is 14.9 Å². The highest BCUT2D eigenvalue weighted by atomic mass is 19.4. The molecule has 4 aromatic rings. The molecule has 162 valence electrons. The Balaban J connectivity index is 1.89. The standard InChI is InChI=1S/C23H17F3N4O2/c24-23(25,26)15-5-3-7-17-18(15)14(11-30(17)9-8-27)20-19(21(31)29-22(20)32)13-10-28-16-6-2-1-4-12(13)16/h1-7,10-11,28H,8-9,27H2,(H,29,31,32). The van der Waals surface area contributed by atoms with Crippen molar-refractivity contribution in [1.82, 2.24) is 14.9 Å². The molecule has 0 saturated heterocycles. The van der Waals surface area contributed by atoms with E-state index in [0.29, 0.717) is 16.5 Å². The van der Waals surface area contributed by atoms with Crippen LogP contribution in [0, 0.1) is 0 Å². The topological polar surface area (TPSA) is 92.9 Å². The summed E-state index contributed by atoms with van der Waals surface area (Å²) in [5.41, 5.74) is 6.26. The fourth-order valence-electron chi connectivity index (χ4n) is 4.35. The Morgan fingerprint density at radius 3 is 2.38 bits per heavy atom. The van der Waals surface area contributed by atoms with Gasteiger partial charge < -0.3 is 15.3 Å². The number of benzene rings is 2. The first-order chi connectivity index (χ1) is 15.3. The lowest BCUT2D eigenvalue weighted by Gasteiger charge is -2.11. The van der Waals surface area contributed by atoms with Gasteiger partial charge in [0.25, 0.3) is 11.8 Å². The summed E-state index contributed by atoms with van der Waals surface area (Å²) in [4.78, 5) is 28.7. The van der Waals surface area contributed by atoms with Crippen LogP contribution in [0.1, 0.15) is 16.7 Å². The van der Waals surface area contributed by atoms with Gasteiger partial charge in [-0.1, -0.05) is 24.3 Å². The maximum absolute atomic E-state index is 13.9. The van der Waals surface area contributed by atoms with Crippen molar-refractivity contribution >= 4 is 44.8 Å². The normalized spacial score (nSPS) is 14.8. The molecule has 0 saturated carbocycles. The van der Waals surface area contributed by atoms with E-state index in [1.807, 2.05) is 12.1 Å². The molecule has 3 heterocycles. The molecule has 9 heteroatoms. The van der Waals surface area contributed by atoms with E-state index in [1.54, 1.807) is 29.0 Å². The predicted octanol–water partition coefficient (Wildman–Crippen LogP) is 3.67. The van der Waals surface area contributed by atoms with Crippen molar-refractivity contribution in [3.05, 3.63) is 71.5 Å². The second-order valence-electron chi connectivity index (χ2n) is 7.50. The molecule has 6 nitrogen and oxygen atoms in total. The Kier molecular flexibility index (Phi) is 4.45. The van der Waals surface area contributed by atoms with Gasteiger partial charge in [-0.25, -0.2) is 0 Å². The maximum atomic E-state index is 13.9. The zero-order valence-electron chi connectivity index (χ0n) is 16.6. The van der Waals surface area contributed by atoms with Crippen molar-refractivity contribution in [3.63, 3.8) is 0 Å². The highest BCUT2D eigenvalue weighted by Crippen LogP contribution is 2.43. The number of amides is 2. The first kappa shape index (κ1) is 20.1. The van der Waals surface area contributed by atoms with E-state index in [9.17, 15) is 22.8 Å². The first-order valence-corrected chi connectivity index (χ1v) is 9.87. The number of alkyl halides is 3. The molecule has 0 spiro atoms. The van der Waals surface area contributed by atoms with Crippen LogP contribution in [0.3, 0.4) is 0 Å². The number of fused-ring (bicyclic) bond motifs is 2. The van der Waals surface area contributed by atoms with Crippen LogP contribution in [-0.4, -0.2) is 27.9 Å². The molecular weight excluding hydrogens is 421 g/mol. The molecule has 1 aliphatic heterocycles. The molecule has 2 aromatic heterocycles. The Morgan fingerprint density at radius 2 is 1.66 bits per heavy atom. The molecule has 0 radical (unpaired) electrons. The monoisotopic (exact) mass is 438 g/mol. The number of nitrogens with one attached hydrogen (secondary N) is 2. The van der Waals surface area contributed by atoms with Gasteiger partial charge >= 0.3 is 6.18 Å². The highest BCUT2D eigenvalue weighted by Gasteiger charge is 2.39. The number of H-pyrrole nitrogens is 1. The number of carbonyl (C=O) groups is 2. The van der Waals surface area contributed by atoms with E-state index in [4.69, 9.17) is 5.73 Å². The van der Waals surface area contributed by atoms with Crippen LogP contribution >= 0.6 is 0 Å². The number of imide groups is 1. The molecule has 0 bridgehead atoms. The second-order valence-corrected chi connectivity index (χ2v) is 7.50. The quantitative estimate of drug-likeness (QED) is 0.425. The van der Waals surface area contributed by atoms with E-state index in [-0.39, 0.29) is 35.2 Å². The average molecular weight is 438 g/mol. The van der Waals surface area contributed by atoms with Crippen molar-refractivity contribution in [2.45, 2.75) is 12.7 Å². The van der Waals surface area contributed by atoms with Crippen LogP contribution < -0.4 is 11.1 Å². The first-order valence-electron chi connectivity index (χ1n) is 9.87. The van der Waals surface area contributed by atoms with Gasteiger partial charge in [-0.2, -0.15) is 13.2 Å². The Bertz CT molecular complexity index is 1440. The number of aromatic nitrogens is 2. The maximum Gasteiger partial charge on any atom is 0.417 e. The van der Waals surface area contributed by atoms with Crippen LogP contribution in [0.25, 0.3) is 33.0 Å². The Hall–Kier alpha value is -3.85. The summed E-state index contributed by atoms with van der Waals surface area (Å²) >= 11 is 0. The second kappa shape index (κ2) is 7.10. The molecule has 0 atom stereocenters. The van der Waals surface area contributed by atoms with E-state index < -0.39 is 23.6 Å². The summed E-state index contributed by atoms with van der Waals surface area (Å²) < 4.78 is 43.3. The minimum absolute atomic E-state index is 0.0382. The van der Waals surface area contributed by atoms with Crippen LogP contribution in [0.4, 0.5) is 13.2 Å². The number of rotatable bonds is 4. The van der Waals surface area contributed by atoms with Gasteiger partial charge in [-0.15, -0.1) is 0 Å². The van der Waals surface area contributed by atoms with Gasteiger partial charge in [0.1, 0.15) is 0 Å². The van der Waals surface area contributed by atoms with E-state index >= 15 is 0 Å². The van der Waals surface area contributed by atoms with E-state index in [1.165, 1.54) is 12.3 Å². The number of hydrogen-bond donors (Lipinski definition) is 3. The van der Waals surface area contributed by atoms with Crippen molar-refractivity contribution < 1.29 is 22.8 Å². The number of nitrogens with zero attached hydrogens (tertiary/aromatic N) is 1. The lowest BCUT2D eigenvalue weighted by atomic mass is 9.94. The number of aromatic amines is 1. The average Bonchev–Trinajstić information content (AvgIpc) is 3.41. The summed E-state index contributed by atoms with van der Waals surface area (Å²) in [6, 6.07) is 11.0. The summed E-state index contributed by atoms with van der Waals surface area (Å²) in [7, 11) is 0. The predicted molar refractivity (Wildman–Crippen MR) is 114 cm³/mol. The fourth-order valence-corrected chi connectivity index (χ4v) is 4.35. The summed E-state index contributed by atoms with van der Waals surface area (Å²) in [5, 5.41) is 2.80. The summed E-state index contributed by atoms with van der Waals surface area (Å²) in [6.07, 6.45) is -1.60. The molecule has 2 aromatic carbocycles. The van der Waals surface area contributed by atoms with Gasteiger partial charge in [0.15, 0.2) is 0 Å². The van der Waals surface area contributed by atoms with Crippen molar-refractivity contribution in [2.24, 2.45) is 5.73 Å². The Labute approximate surface area is 179 Å². The number of carbonyl (C=O) groups excluding carboxylic acids is 2. The van der Waals surface area contributed by atoms with Gasteiger partial charge in [-0.05, 0) is 18.2 Å². The van der Waals surface area contributed by atoms with E-state index in [0.717, 1.165) is 11.6 Å². The van der Waals surface area contributed by atoms with E-state index in [2.05, 4.69) is 10.3 Å². The molecule has 2 amide bonds. The van der Waals surface area contributed by atoms with Crippen molar-refractivity contribution in [1.29, 1.82) is 0 Å². The summed E-state index contributed by atoms with van der Waals surface area (Å²) in [6.45, 7) is 0.446. The molecule has 5 rings (SSSR count). The van der Waals surface area contributed by atoms with Crippen LogP contribution in [0.2, 0.25) is 0 Å². The van der Waals surface area contributed by atoms with Gasteiger partial charge in [0.2, 0.25) is 0 Å². The molecule has 1 aliphatic rings. The molecule has 0 fully saturated rings. The largest absolute Gasteiger partial charge is 0.417 e. The molecule has 0 unspecified atom stereocenters. The lowest BCUT2D eigenvalue weighted by Crippen LogP contribution is -2.22. The summed E-state index contributed by atoms with van der Waals surface area (Å²) in [5.74, 6) is -1.39. The third-order valence-electron chi connectivity index (χ3n) is 5.64. The third kappa shape index (κ3) is 2.93. The third-order valence-corrected chi connectivity index (χ3v) is 5.64. The zero-order chi connectivity index (χ0) is 22.6. The molecule has 4 N–H and O–H groups in total. The SMILES string of the molecule is NCCn1cc(C2=C(c3c[nH]c4ccccc34)C(=O)NC2=O)c2c(C(F)(F)F)cccc21. The zero-order valence-corrected chi connectivity index (χ0v) is 16.6.